The summed E-state index contributed by atoms with van der Waals surface area (Å²) in [5, 5.41) is 3.45. The molecular weight excluding hydrogens is 260 g/mol. The number of anilines is 1. The highest BCUT2D eigenvalue weighted by molar-refractivity contribution is 5.56. The van der Waals surface area contributed by atoms with Crippen molar-refractivity contribution in [1.29, 1.82) is 0 Å². The third-order valence-electron chi connectivity index (χ3n) is 3.84. The Morgan fingerprint density at radius 2 is 1.76 bits per heavy atom. The standard InChI is InChI=1S/C18H30N2O/c1-7-19-11-15-10-14(2)8-9-16(15)20-12-17(3,4)21-18(5,6)13-20/h8-10,19H,7,11-13H2,1-6H3. The van der Waals surface area contributed by atoms with E-state index in [0.717, 1.165) is 26.2 Å². The summed E-state index contributed by atoms with van der Waals surface area (Å²) in [4.78, 5) is 2.48. The van der Waals surface area contributed by atoms with Crippen molar-refractivity contribution in [3.8, 4) is 0 Å². The van der Waals surface area contributed by atoms with Gasteiger partial charge in [0.05, 0.1) is 11.2 Å². The highest BCUT2D eigenvalue weighted by Gasteiger charge is 2.38. The van der Waals surface area contributed by atoms with Gasteiger partial charge in [-0.05, 0) is 52.8 Å². The lowest BCUT2D eigenvalue weighted by atomic mass is 9.97. The maximum Gasteiger partial charge on any atom is 0.0808 e. The number of hydrogen-bond acceptors (Lipinski definition) is 3. The molecule has 0 saturated carbocycles. The van der Waals surface area contributed by atoms with Crippen LogP contribution in [0.2, 0.25) is 0 Å². The zero-order valence-corrected chi connectivity index (χ0v) is 14.4. The summed E-state index contributed by atoms with van der Waals surface area (Å²) >= 11 is 0. The summed E-state index contributed by atoms with van der Waals surface area (Å²) in [7, 11) is 0. The number of aryl methyl sites for hydroxylation is 1. The van der Waals surface area contributed by atoms with Crippen LogP contribution < -0.4 is 10.2 Å². The van der Waals surface area contributed by atoms with Crippen molar-refractivity contribution in [2.75, 3.05) is 24.5 Å². The molecule has 1 aliphatic rings. The average Bonchev–Trinajstić information content (AvgIpc) is 2.32. The third-order valence-corrected chi connectivity index (χ3v) is 3.84. The average molecular weight is 290 g/mol. The zero-order chi connectivity index (χ0) is 15.7. The van der Waals surface area contributed by atoms with E-state index in [0.29, 0.717) is 0 Å². The van der Waals surface area contributed by atoms with Crippen molar-refractivity contribution in [2.45, 2.75) is 59.3 Å². The Morgan fingerprint density at radius 1 is 1.14 bits per heavy atom. The predicted octanol–water partition coefficient (Wildman–Crippen LogP) is 3.50. The second-order valence-corrected chi connectivity index (χ2v) is 7.39. The zero-order valence-electron chi connectivity index (χ0n) is 14.4. The summed E-state index contributed by atoms with van der Waals surface area (Å²) in [5.41, 5.74) is 3.79. The minimum absolute atomic E-state index is 0.123. The summed E-state index contributed by atoms with van der Waals surface area (Å²) in [6, 6.07) is 6.77. The van der Waals surface area contributed by atoms with E-state index in [1.54, 1.807) is 0 Å². The Bertz CT molecular complexity index is 478. The topological polar surface area (TPSA) is 24.5 Å². The molecule has 1 fully saturated rings. The first-order valence-electron chi connectivity index (χ1n) is 7.98. The number of nitrogens with one attached hydrogen (secondary N) is 1. The lowest BCUT2D eigenvalue weighted by Gasteiger charge is -2.48. The molecule has 3 nitrogen and oxygen atoms in total. The van der Waals surface area contributed by atoms with Crippen LogP contribution in [-0.2, 0) is 11.3 Å². The minimum atomic E-state index is -0.123. The van der Waals surface area contributed by atoms with E-state index in [1.807, 2.05) is 0 Å². The summed E-state index contributed by atoms with van der Waals surface area (Å²) in [6.45, 7) is 16.8. The Kier molecular flexibility index (Phi) is 4.64. The molecule has 0 spiro atoms. The van der Waals surface area contributed by atoms with Crippen LogP contribution in [0, 0.1) is 6.92 Å². The Balaban J connectivity index is 2.31. The molecule has 0 unspecified atom stereocenters. The number of hydrogen-bond donors (Lipinski definition) is 1. The van der Waals surface area contributed by atoms with E-state index in [9.17, 15) is 0 Å². The lowest BCUT2D eigenvalue weighted by Crippen LogP contribution is -2.57. The molecule has 1 aromatic carbocycles. The number of rotatable bonds is 4. The molecule has 1 aliphatic heterocycles. The van der Waals surface area contributed by atoms with Gasteiger partial charge in [-0.1, -0.05) is 24.6 Å². The van der Waals surface area contributed by atoms with Gasteiger partial charge in [0.2, 0.25) is 0 Å². The van der Waals surface area contributed by atoms with Gasteiger partial charge in [0.1, 0.15) is 0 Å². The normalized spacial score (nSPS) is 20.6. The fourth-order valence-electron chi connectivity index (χ4n) is 3.38. The lowest BCUT2D eigenvalue weighted by molar-refractivity contribution is -0.133. The fourth-order valence-corrected chi connectivity index (χ4v) is 3.38. The first kappa shape index (κ1) is 16.3. The Hall–Kier alpha value is -1.06. The van der Waals surface area contributed by atoms with Gasteiger partial charge in [-0.2, -0.15) is 0 Å². The molecule has 1 saturated heterocycles. The molecule has 0 bridgehead atoms. The largest absolute Gasteiger partial charge is 0.366 e. The summed E-state index contributed by atoms with van der Waals surface area (Å²) < 4.78 is 6.20. The van der Waals surface area contributed by atoms with E-state index in [-0.39, 0.29) is 11.2 Å². The van der Waals surface area contributed by atoms with Gasteiger partial charge in [0, 0.05) is 25.3 Å². The first-order valence-corrected chi connectivity index (χ1v) is 7.98. The van der Waals surface area contributed by atoms with Crippen molar-refractivity contribution in [3.63, 3.8) is 0 Å². The molecule has 1 heterocycles. The minimum Gasteiger partial charge on any atom is -0.366 e. The van der Waals surface area contributed by atoms with E-state index >= 15 is 0 Å². The van der Waals surface area contributed by atoms with Gasteiger partial charge in [-0.25, -0.2) is 0 Å². The van der Waals surface area contributed by atoms with Crippen molar-refractivity contribution in [1.82, 2.24) is 5.32 Å². The van der Waals surface area contributed by atoms with E-state index in [4.69, 9.17) is 4.74 Å². The predicted molar refractivity (Wildman–Crippen MR) is 90.0 cm³/mol. The molecule has 0 radical (unpaired) electrons. The highest BCUT2D eigenvalue weighted by atomic mass is 16.5. The van der Waals surface area contributed by atoms with E-state index in [2.05, 4.69) is 70.0 Å². The quantitative estimate of drug-likeness (QED) is 0.918. The fraction of sp³-hybridized carbons (Fsp3) is 0.667. The molecule has 0 aliphatic carbocycles. The van der Waals surface area contributed by atoms with Crippen molar-refractivity contribution < 1.29 is 4.74 Å². The number of ether oxygens (including phenoxy) is 1. The monoisotopic (exact) mass is 290 g/mol. The smallest absolute Gasteiger partial charge is 0.0808 e. The molecule has 118 valence electrons. The molecule has 3 heteroatoms. The van der Waals surface area contributed by atoms with Gasteiger partial charge in [-0.15, -0.1) is 0 Å². The Morgan fingerprint density at radius 3 is 2.33 bits per heavy atom. The van der Waals surface area contributed by atoms with Crippen LogP contribution in [0.15, 0.2) is 18.2 Å². The van der Waals surface area contributed by atoms with Gasteiger partial charge in [-0.3, -0.25) is 0 Å². The third kappa shape index (κ3) is 4.21. The second kappa shape index (κ2) is 5.98. The molecule has 21 heavy (non-hydrogen) atoms. The second-order valence-electron chi connectivity index (χ2n) is 7.39. The van der Waals surface area contributed by atoms with E-state index < -0.39 is 0 Å². The van der Waals surface area contributed by atoms with Gasteiger partial charge in [0.25, 0.3) is 0 Å². The van der Waals surface area contributed by atoms with Crippen LogP contribution in [-0.4, -0.2) is 30.8 Å². The summed E-state index contributed by atoms with van der Waals surface area (Å²) in [5.74, 6) is 0. The number of benzene rings is 1. The van der Waals surface area contributed by atoms with Crippen LogP contribution in [0.25, 0.3) is 0 Å². The summed E-state index contributed by atoms with van der Waals surface area (Å²) in [6.07, 6.45) is 0. The highest BCUT2D eigenvalue weighted by Crippen LogP contribution is 2.33. The SMILES string of the molecule is CCNCc1cc(C)ccc1N1CC(C)(C)OC(C)(C)C1. The van der Waals surface area contributed by atoms with Crippen LogP contribution in [0.1, 0.15) is 45.7 Å². The van der Waals surface area contributed by atoms with Crippen molar-refractivity contribution in [2.24, 2.45) is 0 Å². The van der Waals surface area contributed by atoms with Crippen molar-refractivity contribution >= 4 is 5.69 Å². The maximum absolute atomic E-state index is 6.20. The van der Waals surface area contributed by atoms with Crippen LogP contribution in [0.4, 0.5) is 5.69 Å². The van der Waals surface area contributed by atoms with Gasteiger partial charge < -0.3 is 15.0 Å². The number of morpholine rings is 1. The number of nitrogens with zero attached hydrogens (tertiary/aromatic N) is 1. The van der Waals surface area contributed by atoms with E-state index in [1.165, 1.54) is 16.8 Å². The molecule has 0 amide bonds. The van der Waals surface area contributed by atoms with Gasteiger partial charge >= 0.3 is 0 Å². The van der Waals surface area contributed by atoms with Crippen LogP contribution >= 0.6 is 0 Å². The first-order chi connectivity index (χ1) is 9.72. The van der Waals surface area contributed by atoms with Crippen LogP contribution in [0.3, 0.4) is 0 Å². The molecule has 1 aromatic rings. The van der Waals surface area contributed by atoms with Crippen molar-refractivity contribution in [3.05, 3.63) is 29.3 Å². The molecule has 0 atom stereocenters. The van der Waals surface area contributed by atoms with Gasteiger partial charge in [0.15, 0.2) is 0 Å². The molecule has 0 aromatic heterocycles. The molecular formula is C18H30N2O. The van der Waals surface area contributed by atoms with Crippen LogP contribution in [0.5, 0.6) is 0 Å². The molecule has 1 N–H and O–H groups in total. The maximum atomic E-state index is 6.20. The Labute approximate surface area is 129 Å². The molecule has 2 rings (SSSR count).